The smallest absolute Gasteiger partial charge is 0.335 e. The van der Waals surface area contributed by atoms with E-state index < -0.39 is 17.8 Å². The highest BCUT2D eigenvalue weighted by Gasteiger charge is 2.17. The minimum absolute atomic E-state index is 0.0389. The minimum atomic E-state index is -1.07. The Bertz CT molecular complexity index is 1070. The highest BCUT2D eigenvalue weighted by molar-refractivity contribution is 9.10. The van der Waals surface area contributed by atoms with Crippen molar-refractivity contribution in [2.45, 2.75) is 0 Å². The number of hydrogen-bond donors (Lipinski definition) is 3. The van der Waals surface area contributed by atoms with Crippen LogP contribution in [-0.2, 0) is 4.79 Å². The Balaban J connectivity index is 1.83. The second-order valence-electron chi connectivity index (χ2n) is 5.84. The van der Waals surface area contributed by atoms with Crippen molar-refractivity contribution in [2.75, 3.05) is 5.32 Å². The van der Waals surface area contributed by atoms with Crippen molar-refractivity contribution >= 4 is 45.5 Å². The average Bonchev–Trinajstić information content (AvgIpc) is 3.21. The standard InChI is InChI=1S/C21H15BrN2O5/c22-17-6-2-1-5-16(17)19(25)24-18(12-15-4-3-11-29-15)20(26)23-14-9-7-13(8-10-14)21(27)28/h1-12H,(H,23,26)(H,24,25)(H,27,28)/b18-12+. The van der Waals surface area contributed by atoms with Crippen molar-refractivity contribution in [1.82, 2.24) is 5.32 Å². The molecule has 0 unspecified atom stereocenters. The molecule has 1 heterocycles. The highest BCUT2D eigenvalue weighted by atomic mass is 79.9. The summed E-state index contributed by atoms with van der Waals surface area (Å²) in [5.41, 5.74) is 0.788. The van der Waals surface area contributed by atoms with Gasteiger partial charge < -0.3 is 20.2 Å². The Morgan fingerprint density at radius 3 is 2.31 bits per heavy atom. The van der Waals surface area contributed by atoms with Crippen molar-refractivity contribution in [3.05, 3.63) is 94.0 Å². The van der Waals surface area contributed by atoms with E-state index >= 15 is 0 Å². The Labute approximate surface area is 174 Å². The van der Waals surface area contributed by atoms with E-state index in [1.54, 1.807) is 36.4 Å². The number of halogens is 1. The maximum atomic E-state index is 12.7. The number of carbonyl (C=O) groups is 3. The molecule has 0 aliphatic heterocycles. The summed E-state index contributed by atoms with van der Waals surface area (Å²) < 4.78 is 5.82. The minimum Gasteiger partial charge on any atom is -0.478 e. The van der Waals surface area contributed by atoms with Crippen LogP contribution in [0.3, 0.4) is 0 Å². The highest BCUT2D eigenvalue weighted by Crippen LogP contribution is 2.17. The molecular weight excluding hydrogens is 440 g/mol. The summed E-state index contributed by atoms with van der Waals surface area (Å²) in [5.74, 6) is -1.76. The first kappa shape index (κ1) is 20.1. The van der Waals surface area contributed by atoms with Gasteiger partial charge in [-0.1, -0.05) is 12.1 Å². The summed E-state index contributed by atoms with van der Waals surface area (Å²) in [6.07, 6.45) is 2.84. The molecule has 7 nitrogen and oxygen atoms in total. The van der Waals surface area contributed by atoms with Crippen LogP contribution in [-0.4, -0.2) is 22.9 Å². The van der Waals surface area contributed by atoms with Crippen molar-refractivity contribution in [2.24, 2.45) is 0 Å². The fraction of sp³-hybridized carbons (Fsp3) is 0. The number of amides is 2. The molecule has 146 valence electrons. The van der Waals surface area contributed by atoms with Gasteiger partial charge in [-0.25, -0.2) is 4.79 Å². The molecule has 3 aromatic rings. The van der Waals surface area contributed by atoms with Gasteiger partial charge >= 0.3 is 5.97 Å². The molecule has 0 spiro atoms. The molecule has 0 bridgehead atoms. The first-order valence-electron chi connectivity index (χ1n) is 8.40. The molecule has 0 radical (unpaired) electrons. The van der Waals surface area contributed by atoms with Crippen LogP contribution in [0.4, 0.5) is 5.69 Å². The lowest BCUT2D eigenvalue weighted by molar-refractivity contribution is -0.113. The second kappa shape index (κ2) is 9.03. The molecule has 0 aliphatic rings. The number of benzene rings is 2. The summed E-state index contributed by atoms with van der Waals surface area (Å²) in [7, 11) is 0. The monoisotopic (exact) mass is 454 g/mol. The van der Waals surface area contributed by atoms with Gasteiger partial charge in [0, 0.05) is 16.2 Å². The number of hydrogen-bond acceptors (Lipinski definition) is 4. The summed E-state index contributed by atoms with van der Waals surface area (Å²) >= 11 is 3.31. The van der Waals surface area contributed by atoms with Gasteiger partial charge in [0.05, 0.1) is 17.4 Å². The third-order valence-electron chi connectivity index (χ3n) is 3.83. The van der Waals surface area contributed by atoms with Crippen molar-refractivity contribution < 1.29 is 23.9 Å². The number of nitrogens with one attached hydrogen (secondary N) is 2. The molecule has 2 amide bonds. The number of anilines is 1. The molecule has 8 heteroatoms. The fourth-order valence-corrected chi connectivity index (χ4v) is 2.87. The normalized spacial score (nSPS) is 11.0. The van der Waals surface area contributed by atoms with Gasteiger partial charge in [0.25, 0.3) is 11.8 Å². The topological polar surface area (TPSA) is 109 Å². The van der Waals surface area contributed by atoms with E-state index in [4.69, 9.17) is 9.52 Å². The molecule has 2 aromatic carbocycles. The lowest BCUT2D eigenvalue weighted by Gasteiger charge is -2.11. The van der Waals surface area contributed by atoms with E-state index in [0.717, 1.165) is 0 Å². The lowest BCUT2D eigenvalue weighted by atomic mass is 10.2. The Hall–Kier alpha value is -3.65. The SMILES string of the molecule is O=C(Nc1ccc(C(=O)O)cc1)/C(=C\c1ccco1)NC(=O)c1ccccc1Br. The maximum Gasteiger partial charge on any atom is 0.335 e. The van der Waals surface area contributed by atoms with E-state index in [0.29, 0.717) is 21.5 Å². The third-order valence-corrected chi connectivity index (χ3v) is 4.52. The predicted octanol–water partition coefficient (Wildman–Crippen LogP) is 4.15. The Morgan fingerprint density at radius 2 is 1.69 bits per heavy atom. The average molecular weight is 455 g/mol. The molecule has 0 aliphatic carbocycles. The van der Waals surface area contributed by atoms with Gasteiger partial charge in [-0.15, -0.1) is 0 Å². The van der Waals surface area contributed by atoms with E-state index in [1.165, 1.54) is 36.6 Å². The summed E-state index contributed by atoms with van der Waals surface area (Å²) in [6, 6.07) is 15.8. The first-order valence-corrected chi connectivity index (χ1v) is 9.19. The number of carbonyl (C=O) groups excluding carboxylic acids is 2. The largest absolute Gasteiger partial charge is 0.478 e. The lowest BCUT2D eigenvalue weighted by Crippen LogP contribution is -2.31. The first-order chi connectivity index (χ1) is 13.9. The van der Waals surface area contributed by atoms with Crippen LogP contribution in [0.2, 0.25) is 0 Å². The van der Waals surface area contributed by atoms with E-state index in [2.05, 4.69) is 26.6 Å². The molecule has 0 saturated carbocycles. The van der Waals surface area contributed by atoms with Crippen LogP contribution >= 0.6 is 15.9 Å². The summed E-state index contributed by atoms with van der Waals surface area (Å²) in [5, 5.41) is 14.2. The number of carboxylic acids is 1. The number of aromatic carboxylic acids is 1. The van der Waals surface area contributed by atoms with Gasteiger partial charge in [-0.05, 0) is 64.5 Å². The maximum absolute atomic E-state index is 12.7. The molecule has 1 aromatic heterocycles. The summed E-state index contributed by atoms with van der Waals surface area (Å²) in [4.78, 5) is 36.3. The van der Waals surface area contributed by atoms with Crippen LogP contribution in [0.25, 0.3) is 6.08 Å². The van der Waals surface area contributed by atoms with E-state index in [-0.39, 0.29) is 11.3 Å². The van der Waals surface area contributed by atoms with Crippen LogP contribution in [0.1, 0.15) is 26.5 Å². The number of carboxylic acid groups (broad SMARTS) is 1. The molecule has 29 heavy (non-hydrogen) atoms. The van der Waals surface area contributed by atoms with Crippen LogP contribution < -0.4 is 10.6 Å². The van der Waals surface area contributed by atoms with Gasteiger partial charge in [-0.2, -0.15) is 0 Å². The zero-order valence-corrected chi connectivity index (χ0v) is 16.5. The van der Waals surface area contributed by atoms with Crippen LogP contribution in [0.15, 0.2) is 81.5 Å². The van der Waals surface area contributed by atoms with Gasteiger partial charge in [0.15, 0.2) is 0 Å². The zero-order valence-electron chi connectivity index (χ0n) is 14.9. The van der Waals surface area contributed by atoms with E-state index in [1.807, 2.05) is 0 Å². The fourth-order valence-electron chi connectivity index (χ4n) is 2.40. The molecule has 0 atom stereocenters. The molecule has 0 saturated heterocycles. The Morgan fingerprint density at radius 1 is 0.966 bits per heavy atom. The van der Waals surface area contributed by atoms with Crippen LogP contribution in [0.5, 0.6) is 0 Å². The van der Waals surface area contributed by atoms with Crippen molar-refractivity contribution in [3.63, 3.8) is 0 Å². The zero-order chi connectivity index (χ0) is 20.8. The molecular formula is C21H15BrN2O5. The molecule has 0 fully saturated rings. The molecule has 3 rings (SSSR count). The van der Waals surface area contributed by atoms with E-state index in [9.17, 15) is 14.4 Å². The van der Waals surface area contributed by atoms with Crippen LogP contribution in [0, 0.1) is 0 Å². The second-order valence-corrected chi connectivity index (χ2v) is 6.70. The van der Waals surface area contributed by atoms with Crippen molar-refractivity contribution in [3.8, 4) is 0 Å². The van der Waals surface area contributed by atoms with Gasteiger partial charge in [-0.3, -0.25) is 9.59 Å². The van der Waals surface area contributed by atoms with Gasteiger partial charge in [0.1, 0.15) is 11.5 Å². The number of furan rings is 1. The predicted molar refractivity (Wildman–Crippen MR) is 110 cm³/mol. The third kappa shape index (κ3) is 5.20. The Kier molecular flexibility index (Phi) is 6.25. The quantitative estimate of drug-likeness (QED) is 0.484. The number of rotatable bonds is 6. The van der Waals surface area contributed by atoms with Gasteiger partial charge in [0.2, 0.25) is 0 Å². The molecule has 3 N–H and O–H groups in total. The van der Waals surface area contributed by atoms with Crippen molar-refractivity contribution in [1.29, 1.82) is 0 Å². The summed E-state index contributed by atoms with van der Waals surface area (Å²) in [6.45, 7) is 0.